The van der Waals surface area contributed by atoms with Crippen LogP contribution in [-0.4, -0.2) is 32.4 Å². The molecule has 17 heavy (non-hydrogen) atoms. The average Bonchev–Trinajstić information content (AvgIpc) is 2.25. The summed E-state index contributed by atoms with van der Waals surface area (Å²) in [4.78, 5) is 0. The SMILES string of the molecule is COc1cccc(NCCCS(=O)(=O)O)c1C. The van der Waals surface area contributed by atoms with E-state index in [-0.39, 0.29) is 5.75 Å². The number of hydrogen-bond acceptors (Lipinski definition) is 4. The Hall–Kier alpha value is -1.27. The second-order valence-electron chi connectivity index (χ2n) is 3.70. The molecule has 0 aliphatic rings. The third-order valence-corrected chi connectivity index (χ3v) is 3.20. The Kier molecular flexibility index (Phi) is 4.77. The van der Waals surface area contributed by atoms with Crippen LogP contribution in [0.15, 0.2) is 18.2 Å². The lowest BCUT2D eigenvalue weighted by atomic mass is 10.2. The molecule has 1 aromatic carbocycles. The highest BCUT2D eigenvalue weighted by molar-refractivity contribution is 7.85. The van der Waals surface area contributed by atoms with Gasteiger partial charge < -0.3 is 10.1 Å². The molecular formula is C11H17NO4S. The predicted octanol–water partition coefficient (Wildman–Crippen LogP) is 1.69. The fraction of sp³-hybridized carbons (Fsp3) is 0.455. The Morgan fingerprint density at radius 2 is 2.12 bits per heavy atom. The van der Waals surface area contributed by atoms with E-state index in [0.717, 1.165) is 17.0 Å². The summed E-state index contributed by atoms with van der Waals surface area (Å²) in [7, 11) is -2.26. The van der Waals surface area contributed by atoms with Crippen molar-refractivity contribution in [1.29, 1.82) is 0 Å². The van der Waals surface area contributed by atoms with Gasteiger partial charge >= 0.3 is 0 Å². The van der Waals surface area contributed by atoms with Gasteiger partial charge in [0, 0.05) is 17.8 Å². The van der Waals surface area contributed by atoms with Gasteiger partial charge in [-0.3, -0.25) is 4.55 Å². The van der Waals surface area contributed by atoms with Gasteiger partial charge in [-0.2, -0.15) is 8.42 Å². The van der Waals surface area contributed by atoms with Crippen molar-refractivity contribution in [2.45, 2.75) is 13.3 Å². The van der Waals surface area contributed by atoms with Crippen molar-refractivity contribution >= 4 is 15.8 Å². The highest BCUT2D eigenvalue weighted by atomic mass is 32.2. The van der Waals surface area contributed by atoms with E-state index >= 15 is 0 Å². The summed E-state index contributed by atoms with van der Waals surface area (Å²) in [5.41, 5.74) is 1.88. The second-order valence-corrected chi connectivity index (χ2v) is 5.27. The molecule has 0 amide bonds. The molecule has 0 bridgehead atoms. The summed E-state index contributed by atoms with van der Waals surface area (Å²) in [6, 6.07) is 5.61. The van der Waals surface area contributed by atoms with Crippen molar-refractivity contribution in [3.8, 4) is 5.75 Å². The number of nitrogens with one attached hydrogen (secondary N) is 1. The van der Waals surface area contributed by atoms with Crippen LogP contribution in [-0.2, 0) is 10.1 Å². The maximum absolute atomic E-state index is 10.5. The lowest BCUT2D eigenvalue weighted by Crippen LogP contribution is -2.10. The molecule has 1 rings (SSSR count). The number of methoxy groups -OCH3 is 1. The highest BCUT2D eigenvalue weighted by Gasteiger charge is 2.05. The molecule has 0 atom stereocenters. The van der Waals surface area contributed by atoms with Gasteiger partial charge in [-0.05, 0) is 25.5 Å². The van der Waals surface area contributed by atoms with Crippen LogP contribution >= 0.6 is 0 Å². The fourth-order valence-electron chi connectivity index (χ4n) is 1.50. The number of rotatable bonds is 6. The van der Waals surface area contributed by atoms with E-state index in [1.165, 1.54) is 0 Å². The summed E-state index contributed by atoms with van der Waals surface area (Å²) in [5, 5.41) is 3.10. The van der Waals surface area contributed by atoms with E-state index < -0.39 is 10.1 Å². The van der Waals surface area contributed by atoms with Gasteiger partial charge in [0.05, 0.1) is 12.9 Å². The highest BCUT2D eigenvalue weighted by Crippen LogP contribution is 2.24. The van der Waals surface area contributed by atoms with Crippen LogP contribution in [0.25, 0.3) is 0 Å². The number of anilines is 1. The second kappa shape index (κ2) is 5.88. The third-order valence-electron chi connectivity index (χ3n) is 2.40. The molecule has 0 aliphatic heterocycles. The first kappa shape index (κ1) is 13.8. The van der Waals surface area contributed by atoms with Gasteiger partial charge in [-0.25, -0.2) is 0 Å². The molecule has 2 N–H and O–H groups in total. The zero-order valence-corrected chi connectivity index (χ0v) is 10.8. The standard InChI is InChI=1S/C11H17NO4S/c1-9-10(5-3-6-11(9)16-2)12-7-4-8-17(13,14)15/h3,5-6,12H,4,7-8H2,1-2H3,(H,13,14,15). The molecule has 1 aromatic rings. The van der Waals surface area contributed by atoms with Crippen LogP contribution in [0.2, 0.25) is 0 Å². The van der Waals surface area contributed by atoms with Crippen LogP contribution in [0.1, 0.15) is 12.0 Å². The Bertz CT molecular complexity index is 470. The van der Waals surface area contributed by atoms with Gasteiger partial charge in [-0.15, -0.1) is 0 Å². The summed E-state index contributed by atoms with van der Waals surface area (Å²) < 4.78 is 34.8. The maximum atomic E-state index is 10.5. The summed E-state index contributed by atoms with van der Waals surface area (Å²) in [5.74, 6) is 0.549. The lowest BCUT2D eigenvalue weighted by Gasteiger charge is -2.12. The molecule has 5 nitrogen and oxygen atoms in total. The van der Waals surface area contributed by atoms with Gasteiger partial charge in [0.2, 0.25) is 0 Å². The Labute approximate surface area is 102 Å². The molecule has 0 heterocycles. The fourth-order valence-corrected chi connectivity index (χ4v) is 2.01. The molecule has 6 heteroatoms. The summed E-state index contributed by atoms with van der Waals surface area (Å²) in [6.07, 6.45) is 0.357. The topological polar surface area (TPSA) is 75.6 Å². The first-order valence-corrected chi connectivity index (χ1v) is 6.87. The van der Waals surface area contributed by atoms with Crippen molar-refractivity contribution < 1.29 is 17.7 Å². The van der Waals surface area contributed by atoms with Crippen molar-refractivity contribution in [3.63, 3.8) is 0 Å². The number of hydrogen-bond donors (Lipinski definition) is 2. The molecule has 0 radical (unpaired) electrons. The summed E-state index contributed by atoms with van der Waals surface area (Å²) >= 11 is 0. The molecule has 0 unspecified atom stereocenters. The smallest absolute Gasteiger partial charge is 0.264 e. The van der Waals surface area contributed by atoms with Crippen molar-refractivity contribution in [2.24, 2.45) is 0 Å². The van der Waals surface area contributed by atoms with E-state index in [1.807, 2.05) is 25.1 Å². The Morgan fingerprint density at radius 3 is 2.71 bits per heavy atom. The van der Waals surface area contributed by atoms with E-state index in [4.69, 9.17) is 9.29 Å². The minimum atomic E-state index is -3.87. The van der Waals surface area contributed by atoms with Gasteiger partial charge in [-0.1, -0.05) is 6.07 Å². The molecular weight excluding hydrogens is 242 g/mol. The Balaban J connectivity index is 2.52. The molecule has 0 aromatic heterocycles. The van der Waals surface area contributed by atoms with Crippen LogP contribution in [0.4, 0.5) is 5.69 Å². The van der Waals surface area contributed by atoms with E-state index in [2.05, 4.69) is 5.32 Å². The predicted molar refractivity (Wildman–Crippen MR) is 67.3 cm³/mol. The first-order valence-electron chi connectivity index (χ1n) is 5.26. The van der Waals surface area contributed by atoms with Crippen molar-refractivity contribution in [1.82, 2.24) is 0 Å². The monoisotopic (exact) mass is 259 g/mol. The van der Waals surface area contributed by atoms with E-state index in [1.54, 1.807) is 7.11 Å². The van der Waals surface area contributed by atoms with Crippen molar-refractivity contribution in [2.75, 3.05) is 24.7 Å². The molecule has 0 saturated carbocycles. The normalized spacial score (nSPS) is 11.2. The maximum Gasteiger partial charge on any atom is 0.264 e. The largest absolute Gasteiger partial charge is 0.496 e. The minimum absolute atomic E-state index is 0.233. The van der Waals surface area contributed by atoms with Gasteiger partial charge in [0.15, 0.2) is 0 Å². The average molecular weight is 259 g/mol. The molecule has 0 saturated heterocycles. The van der Waals surface area contributed by atoms with Crippen molar-refractivity contribution in [3.05, 3.63) is 23.8 Å². The van der Waals surface area contributed by atoms with Crippen LogP contribution in [0, 0.1) is 6.92 Å². The molecule has 96 valence electrons. The van der Waals surface area contributed by atoms with E-state index in [0.29, 0.717) is 13.0 Å². The van der Waals surface area contributed by atoms with Crippen LogP contribution in [0.3, 0.4) is 0 Å². The van der Waals surface area contributed by atoms with E-state index in [9.17, 15) is 8.42 Å². The molecule has 0 fully saturated rings. The quantitative estimate of drug-likeness (QED) is 0.600. The van der Waals surface area contributed by atoms with Gasteiger partial charge in [0.25, 0.3) is 10.1 Å². The van der Waals surface area contributed by atoms with Crippen LogP contribution < -0.4 is 10.1 Å². The third kappa shape index (κ3) is 4.62. The van der Waals surface area contributed by atoms with Gasteiger partial charge in [0.1, 0.15) is 5.75 Å². The zero-order valence-electron chi connectivity index (χ0n) is 9.93. The summed E-state index contributed by atoms with van der Waals surface area (Å²) in [6.45, 7) is 2.40. The molecule has 0 aliphatic carbocycles. The zero-order chi connectivity index (χ0) is 12.9. The first-order chi connectivity index (χ1) is 7.94. The lowest BCUT2D eigenvalue weighted by molar-refractivity contribution is 0.412. The Morgan fingerprint density at radius 1 is 1.41 bits per heavy atom. The minimum Gasteiger partial charge on any atom is -0.496 e. The van der Waals surface area contributed by atoms with Crippen LogP contribution in [0.5, 0.6) is 5.75 Å². The molecule has 0 spiro atoms. The number of ether oxygens (including phenoxy) is 1. The number of benzene rings is 1.